The number of rotatable bonds is 6. The lowest BCUT2D eigenvalue weighted by atomic mass is 9.68. The molecule has 0 bridgehead atoms. The Kier molecular flexibility index (Phi) is 4.16. The number of nitrogens with zero attached hydrogens (tertiary/aromatic N) is 1. The van der Waals surface area contributed by atoms with Crippen molar-refractivity contribution in [2.45, 2.75) is 77.2 Å². The first kappa shape index (κ1) is 14.1. The Balaban J connectivity index is 1.52. The summed E-state index contributed by atoms with van der Waals surface area (Å²) in [5.41, 5.74) is 0.364. The van der Waals surface area contributed by atoms with Gasteiger partial charge in [-0.15, -0.1) is 0 Å². The molecule has 3 rings (SSSR count). The van der Waals surface area contributed by atoms with E-state index in [1.807, 2.05) is 6.20 Å². The standard InChI is InChI=1S/C17H28N2O/c1-17(2)10-4-3-6-14(17)15-12-19-16(20-15)7-5-11-18-13-8-9-13/h12-14,18H,3-11H2,1-2H3. The van der Waals surface area contributed by atoms with Crippen molar-refractivity contribution in [3.05, 3.63) is 17.8 Å². The number of nitrogens with one attached hydrogen (secondary N) is 1. The zero-order valence-corrected chi connectivity index (χ0v) is 13.0. The molecule has 3 nitrogen and oxygen atoms in total. The topological polar surface area (TPSA) is 38.1 Å². The van der Waals surface area contributed by atoms with Crippen LogP contribution in [0.4, 0.5) is 0 Å². The molecular formula is C17H28N2O. The fourth-order valence-electron chi connectivity index (χ4n) is 3.46. The van der Waals surface area contributed by atoms with E-state index < -0.39 is 0 Å². The van der Waals surface area contributed by atoms with E-state index in [2.05, 4.69) is 24.1 Å². The quantitative estimate of drug-likeness (QED) is 0.797. The van der Waals surface area contributed by atoms with Gasteiger partial charge in [0.15, 0.2) is 5.89 Å². The molecular weight excluding hydrogens is 248 g/mol. The minimum atomic E-state index is 0.364. The predicted molar refractivity (Wildman–Crippen MR) is 80.8 cm³/mol. The van der Waals surface area contributed by atoms with Crippen LogP contribution < -0.4 is 5.32 Å². The van der Waals surface area contributed by atoms with Crippen LogP contribution in [-0.4, -0.2) is 17.6 Å². The SMILES string of the molecule is CC1(C)CCCCC1c1cnc(CCCNC2CC2)o1. The van der Waals surface area contributed by atoms with Crippen molar-refractivity contribution in [2.24, 2.45) is 5.41 Å². The van der Waals surface area contributed by atoms with E-state index in [0.29, 0.717) is 11.3 Å². The maximum Gasteiger partial charge on any atom is 0.194 e. The lowest BCUT2D eigenvalue weighted by Gasteiger charge is -2.37. The van der Waals surface area contributed by atoms with Gasteiger partial charge in [-0.1, -0.05) is 26.7 Å². The van der Waals surface area contributed by atoms with Crippen LogP contribution in [0.2, 0.25) is 0 Å². The van der Waals surface area contributed by atoms with Gasteiger partial charge < -0.3 is 9.73 Å². The van der Waals surface area contributed by atoms with Gasteiger partial charge in [-0.2, -0.15) is 0 Å². The van der Waals surface area contributed by atoms with E-state index >= 15 is 0 Å². The summed E-state index contributed by atoms with van der Waals surface area (Å²) in [6.45, 7) is 5.84. The minimum Gasteiger partial charge on any atom is -0.445 e. The van der Waals surface area contributed by atoms with Gasteiger partial charge in [0.2, 0.25) is 0 Å². The maximum atomic E-state index is 6.04. The Bertz CT molecular complexity index is 434. The minimum absolute atomic E-state index is 0.364. The van der Waals surface area contributed by atoms with Gasteiger partial charge in [-0.05, 0) is 44.1 Å². The highest BCUT2D eigenvalue weighted by Crippen LogP contribution is 2.46. The molecule has 1 heterocycles. The molecule has 0 saturated heterocycles. The van der Waals surface area contributed by atoms with E-state index in [1.165, 1.54) is 38.5 Å². The maximum absolute atomic E-state index is 6.04. The predicted octanol–water partition coefficient (Wildman–Crippen LogP) is 4.04. The second-order valence-corrected chi connectivity index (χ2v) is 7.28. The van der Waals surface area contributed by atoms with Gasteiger partial charge >= 0.3 is 0 Å². The second-order valence-electron chi connectivity index (χ2n) is 7.28. The largest absolute Gasteiger partial charge is 0.445 e. The highest BCUT2D eigenvalue weighted by molar-refractivity contribution is 5.08. The third kappa shape index (κ3) is 3.43. The van der Waals surface area contributed by atoms with E-state index in [1.54, 1.807) is 0 Å². The molecule has 2 aliphatic rings. The van der Waals surface area contributed by atoms with Crippen molar-refractivity contribution in [3.63, 3.8) is 0 Å². The lowest BCUT2D eigenvalue weighted by molar-refractivity contribution is 0.176. The van der Waals surface area contributed by atoms with Gasteiger partial charge in [0.25, 0.3) is 0 Å². The van der Waals surface area contributed by atoms with E-state index in [0.717, 1.165) is 37.1 Å². The molecule has 112 valence electrons. The van der Waals surface area contributed by atoms with Crippen molar-refractivity contribution in [1.82, 2.24) is 10.3 Å². The zero-order valence-electron chi connectivity index (χ0n) is 13.0. The van der Waals surface area contributed by atoms with Crippen molar-refractivity contribution < 1.29 is 4.42 Å². The molecule has 1 aromatic rings. The molecule has 1 N–H and O–H groups in total. The number of hydrogen-bond donors (Lipinski definition) is 1. The summed E-state index contributed by atoms with van der Waals surface area (Å²) < 4.78 is 6.04. The number of aromatic nitrogens is 1. The van der Waals surface area contributed by atoms with Gasteiger partial charge in [-0.3, -0.25) is 0 Å². The van der Waals surface area contributed by atoms with Gasteiger partial charge in [0, 0.05) is 18.4 Å². The van der Waals surface area contributed by atoms with E-state index in [9.17, 15) is 0 Å². The summed E-state index contributed by atoms with van der Waals surface area (Å²) in [5.74, 6) is 2.61. The molecule has 20 heavy (non-hydrogen) atoms. The molecule has 0 amide bonds. The highest BCUT2D eigenvalue weighted by atomic mass is 16.4. The molecule has 1 aromatic heterocycles. The van der Waals surface area contributed by atoms with Crippen LogP contribution in [0.5, 0.6) is 0 Å². The van der Waals surface area contributed by atoms with Gasteiger partial charge in [0.05, 0.1) is 6.20 Å². The average molecular weight is 276 g/mol. The summed E-state index contributed by atoms with van der Waals surface area (Å²) in [6.07, 6.45) is 12.1. The number of hydrogen-bond acceptors (Lipinski definition) is 3. The third-order valence-corrected chi connectivity index (χ3v) is 5.00. The Morgan fingerprint density at radius 3 is 2.90 bits per heavy atom. The van der Waals surface area contributed by atoms with E-state index in [-0.39, 0.29) is 0 Å². The average Bonchev–Trinajstić information content (AvgIpc) is 3.12. The van der Waals surface area contributed by atoms with Crippen molar-refractivity contribution in [3.8, 4) is 0 Å². The van der Waals surface area contributed by atoms with Crippen LogP contribution in [0.3, 0.4) is 0 Å². The summed E-state index contributed by atoms with van der Waals surface area (Å²) in [7, 11) is 0. The molecule has 2 fully saturated rings. The molecule has 0 aliphatic heterocycles. The molecule has 0 radical (unpaired) electrons. The van der Waals surface area contributed by atoms with Crippen LogP contribution in [0.25, 0.3) is 0 Å². The summed E-state index contributed by atoms with van der Waals surface area (Å²) >= 11 is 0. The summed E-state index contributed by atoms with van der Waals surface area (Å²) in [4.78, 5) is 4.49. The van der Waals surface area contributed by atoms with Gasteiger partial charge in [0.1, 0.15) is 5.76 Å². The molecule has 1 unspecified atom stereocenters. The lowest BCUT2D eigenvalue weighted by Crippen LogP contribution is -2.25. The van der Waals surface area contributed by atoms with Crippen molar-refractivity contribution in [1.29, 1.82) is 0 Å². The second kappa shape index (κ2) is 5.88. The Morgan fingerprint density at radius 2 is 2.15 bits per heavy atom. The van der Waals surface area contributed by atoms with Crippen LogP contribution in [0.15, 0.2) is 10.6 Å². The first-order chi connectivity index (χ1) is 9.65. The monoisotopic (exact) mass is 276 g/mol. The van der Waals surface area contributed by atoms with Crippen LogP contribution in [0.1, 0.15) is 76.4 Å². The molecule has 0 spiro atoms. The Labute approximate surface area is 122 Å². The molecule has 2 aliphatic carbocycles. The smallest absolute Gasteiger partial charge is 0.194 e. The number of aryl methyl sites for hydroxylation is 1. The fourth-order valence-corrected chi connectivity index (χ4v) is 3.46. The van der Waals surface area contributed by atoms with Gasteiger partial charge in [-0.25, -0.2) is 4.98 Å². The summed E-state index contributed by atoms with van der Waals surface area (Å²) in [6, 6.07) is 0.804. The Morgan fingerprint density at radius 1 is 1.30 bits per heavy atom. The highest BCUT2D eigenvalue weighted by Gasteiger charge is 2.35. The summed E-state index contributed by atoms with van der Waals surface area (Å²) in [5, 5.41) is 3.54. The molecule has 1 atom stereocenters. The first-order valence-electron chi connectivity index (χ1n) is 8.33. The molecule has 0 aromatic carbocycles. The first-order valence-corrected chi connectivity index (χ1v) is 8.33. The molecule has 3 heteroatoms. The normalized spacial score (nSPS) is 25.8. The molecule has 2 saturated carbocycles. The fraction of sp³-hybridized carbons (Fsp3) is 0.824. The van der Waals surface area contributed by atoms with Crippen molar-refractivity contribution in [2.75, 3.05) is 6.54 Å². The number of oxazole rings is 1. The third-order valence-electron chi connectivity index (χ3n) is 5.00. The van der Waals surface area contributed by atoms with Crippen LogP contribution in [0, 0.1) is 5.41 Å². The van der Waals surface area contributed by atoms with E-state index in [4.69, 9.17) is 4.42 Å². The van der Waals surface area contributed by atoms with Crippen LogP contribution in [-0.2, 0) is 6.42 Å². The Hall–Kier alpha value is -0.830. The van der Waals surface area contributed by atoms with Crippen LogP contribution >= 0.6 is 0 Å². The zero-order chi connectivity index (χ0) is 14.0. The van der Waals surface area contributed by atoms with Crippen molar-refractivity contribution >= 4 is 0 Å².